The van der Waals surface area contributed by atoms with Crippen LogP contribution in [0.15, 0.2) is 48.9 Å². The van der Waals surface area contributed by atoms with Gasteiger partial charge in [-0.3, -0.25) is 4.68 Å². The highest BCUT2D eigenvalue weighted by Gasteiger charge is 2.02. The molecular weight excluding hydrogens is 224 g/mol. The van der Waals surface area contributed by atoms with Crippen LogP contribution in [0.5, 0.6) is 0 Å². The molecule has 92 valence electrons. The Morgan fingerprint density at radius 2 is 2.06 bits per heavy atom. The van der Waals surface area contributed by atoms with Gasteiger partial charge in [-0.25, -0.2) is 0 Å². The Balaban J connectivity index is 1.87. The summed E-state index contributed by atoms with van der Waals surface area (Å²) >= 11 is 0. The molecule has 3 rings (SSSR count). The minimum absolute atomic E-state index is 0.584. The summed E-state index contributed by atoms with van der Waals surface area (Å²) in [4.78, 5) is 0. The number of hydrogen-bond acceptors (Lipinski definition) is 2. The number of nitrogens with two attached hydrogens (primary N) is 1. The van der Waals surface area contributed by atoms with Gasteiger partial charge in [0.25, 0.3) is 0 Å². The molecule has 0 atom stereocenters. The number of aryl methyl sites for hydroxylation is 2. The molecule has 2 aromatic heterocycles. The highest BCUT2D eigenvalue weighted by Crippen LogP contribution is 2.17. The molecule has 0 unspecified atom stereocenters. The van der Waals surface area contributed by atoms with Crippen molar-refractivity contribution in [2.45, 2.75) is 19.6 Å². The van der Waals surface area contributed by atoms with E-state index in [1.165, 1.54) is 16.5 Å². The van der Waals surface area contributed by atoms with Crippen molar-refractivity contribution < 1.29 is 0 Å². The van der Waals surface area contributed by atoms with Crippen LogP contribution in [0.3, 0.4) is 0 Å². The third kappa shape index (κ3) is 2.02. The molecule has 0 bridgehead atoms. The first-order valence-electron chi connectivity index (χ1n) is 6.12. The fraction of sp³-hybridized carbons (Fsp3) is 0.214. The van der Waals surface area contributed by atoms with Crippen LogP contribution in [-0.4, -0.2) is 14.3 Å². The van der Waals surface area contributed by atoms with Gasteiger partial charge in [0.15, 0.2) is 0 Å². The number of rotatable bonds is 4. The summed E-state index contributed by atoms with van der Waals surface area (Å²) in [6.07, 6.45) is 5.91. The van der Waals surface area contributed by atoms with Crippen LogP contribution < -0.4 is 5.73 Å². The Morgan fingerprint density at radius 3 is 2.83 bits per heavy atom. The molecule has 18 heavy (non-hydrogen) atoms. The number of benzene rings is 1. The molecule has 0 saturated heterocycles. The van der Waals surface area contributed by atoms with Crippen LogP contribution >= 0.6 is 0 Å². The highest BCUT2D eigenvalue weighted by atomic mass is 15.3. The van der Waals surface area contributed by atoms with Crippen molar-refractivity contribution in [3.63, 3.8) is 0 Å². The van der Waals surface area contributed by atoms with E-state index in [1.54, 1.807) is 6.20 Å². The van der Waals surface area contributed by atoms with Gasteiger partial charge in [-0.2, -0.15) is 5.10 Å². The van der Waals surface area contributed by atoms with Crippen LogP contribution in [0.4, 0.5) is 0 Å². The highest BCUT2D eigenvalue weighted by molar-refractivity contribution is 5.80. The maximum absolute atomic E-state index is 5.69. The fourth-order valence-electron chi connectivity index (χ4n) is 2.19. The molecule has 0 spiro atoms. The maximum atomic E-state index is 5.69. The Kier molecular flexibility index (Phi) is 2.86. The first-order chi connectivity index (χ1) is 8.86. The van der Waals surface area contributed by atoms with Gasteiger partial charge in [-0.05, 0) is 29.1 Å². The minimum atomic E-state index is 0.584. The molecule has 4 nitrogen and oxygen atoms in total. The monoisotopic (exact) mass is 240 g/mol. The smallest absolute Gasteiger partial charge is 0.0588 e. The third-order valence-corrected chi connectivity index (χ3v) is 3.20. The Bertz CT molecular complexity index is 637. The Hall–Kier alpha value is -2.07. The lowest BCUT2D eigenvalue weighted by Crippen LogP contribution is -2.07. The zero-order valence-corrected chi connectivity index (χ0v) is 10.2. The molecule has 0 radical (unpaired) electrons. The van der Waals surface area contributed by atoms with Crippen LogP contribution in [0.25, 0.3) is 10.9 Å². The predicted octanol–water partition coefficient (Wildman–Crippen LogP) is 2.00. The second-order valence-electron chi connectivity index (χ2n) is 4.38. The third-order valence-electron chi connectivity index (χ3n) is 3.20. The summed E-state index contributed by atoms with van der Waals surface area (Å²) in [5.41, 5.74) is 8.10. The van der Waals surface area contributed by atoms with E-state index in [0.717, 1.165) is 13.1 Å². The molecule has 0 aliphatic rings. The normalized spacial score (nSPS) is 11.2. The van der Waals surface area contributed by atoms with Gasteiger partial charge in [0, 0.05) is 37.2 Å². The minimum Gasteiger partial charge on any atom is -0.346 e. The Labute approximate surface area is 106 Å². The topological polar surface area (TPSA) is 48.8 Å². The lowest BCUT2D eigenvalue weighted by molar-refractivity contribution is 0.543. The average Bonchev–Trinajstić information content (AvgIpc) is 3.05. The van der Waals surface area contributed by atoms with Crippen molar-refractivity contribution in [2.24, 2.45) is 5.73 Å². The van der Waals surface area contributed by atoms with E-state index in [9.17, 15) is 0 Å². The van der Waals surface area contributed by atoms with Crippen molar-refractivity contribution in [1.29, 1.82) is 0 Å². The van der Waals surface area contributed by atoms with Crippen molar-refractivity contribution in [2.75, 3.05) is 0 Å². The molecule has 0 saturated carbocycles. The molecule has 3 aromatic rings. The number of hydrogen-bond donors (Lipinski definition) is 1. The van der Waals surface area contributed by atoms with E-state index in [1.807, 2.05) is 16.9 Å². The van der Waals surface area contributed by atoms with Crippen molar-refractivity contribution in [3.05, 3.63) is 54.5 Å². The van der Waals surface area contributed by atoms with Crippen LogP contribution in [0, 0.1) is 0 Å². The molecule has 4 heteroatoms. The van der Waals surface area contributed by atoms with Gasteiger partial charge >= 0.3 is 0 Å². The van der Waals surface area contributed by atoms with E-state index < -0.39 is 0 Å². The van der Waals surface area contributed by atoms with Gasteiger partial charge in [0.2, 0.25) is 0 Å². The summed E-state index contributed by atoms with van der Waals surface area (Å²) in [5, 5.41) is 5.47. The number of aromatic nitrogens is 3. The van der Waals surface area contributed by atoms with Gasteiger partial charge in [0.05, 0.1) is 6.54 Å². The standard InChI is InChI=1S/C14H16N4/c15-11-12-2-3-13-4-7-17(14(13)10-12)8-9-18-6-1-5-16-18/h1-7,10H,8-9,11,15H2. The lowest BCUT2D eigenvalue weighted by atomic mass is 10.1. The summed E-state index contributed by atoms with van der Waals surface area (Å²) in [5.74, 6) is 0. The molecule has 0 aliphatic carbocycles. The maximum Gasteiger partial charge on any atom is 0.0588 e. The second kappa shape index (κ2) is 4.66. The molecule has 2 heterocycles. The van der Waals surface area contributed by atoms with Crippen LogP contribution in [-0.2, 0) is 19.6 Å². The molecule has 0 fully saturated rings. The average molecular weight is 240 g/mol. The lowest BCUT2D eigenvalue weighted by Gasteiger charge is -2.06. The van der Waals surface area contributed by atoms with Crippen molar-refractivity contribution >= 4 is 10.9 Å². The fourth-order valence-corrected chi connectivity index (χ4v) is 2.19. The molecule has 2 N–H and O–H groups in total. The van der Waals surface area contributed by atoms with Gasteiger partial charge < -0.3 is 10.3 Å². The quantitative estimate of drug-likeness (QED) is 0.758. The van der Waals surface area contributed by atoms with E-state index in [-0.39, 0.29) is 0 Å². The zero-order chi connectivity index (χ0) is 12.4. The summed E-state index contributed by atoms with van der Waals surface area (Å²) in [7, 11) is 0. The zero-order valence-electron chi connectivity index (χ0n) is 10.2. The van der Waals surface area contributed by atoms with Gasteiger partial charge in [-0.15, -0.1) is 0 Å². The predicted molar refractivity (Wildman–Crippen MR) is 72.1 cm³/mol. The first-order valence-corrected chi connectivity index (χ1v) is 6.12. The van der Waals surface area contributed by atoms with Gasteiger partial charge in [0.1, 0.15) is 0 Å². The van der Waals surface area contributed by atoms with E-state index in [4.69, 9.17) is 5.73 Å². The van der Waals surface area contributed by atoms with E-state index >= 15 is 0 Å². The first kappa shape index (κ1) is 11.0. The number of nitrogens with zero attached hydrogens (tertiary/aromatic N) is 3. The molecular formula is C14H16N4. The largest absolute Gasteiger partial charge is 0.346 e. The summed E-state index contributed by atoms with van der Waals surface area (Å²) in [6.45, 7) is 2.38. The Morgan fingerprint density at radius 1 is 1.11 bits per heavy atom. The summed E-state index contributed by atoms with van der Waals surface area (Å²) < 4.78 is 4.19. The molecule has 1 aromatic carbocycles. The van der Waals surface area contributed by atoms with E-state index in [0.29, 0.717) is 6.54 Å². The van der Waals surface area contributed by atoms with Crippen LogP contribution in [0.2, 0.25) is 0 Å². The van der Waals surface area contributed by atoms with Gasteiger partial charge in [-0.1, -0.05) is 12.1 Å². The molecule has 0 amide bonds. The van der Waals surface area contributed by atoms with Crippen LogP contribution in [0.1, 0.15) is 5.56 Å². The second-order valence-corrected chi connectivity index (χ2v) is 4.38. The SMILES string of the molecule is NCc1ccc2ccn(CCn3cccn3)c2c1. The summed E-state index contributed by atoms with van der Waals surface area (Å²) in [6, 6.07) is 10.5. The molecule has 0 aliphatic heterocycles. The number of fused-ring (bicyclic) bond motifs is 1. The van der Waals surface area contributed by atoms with Crippen molar-refractivity contribution in [3.8, 4) is 0 Å². The van der Waals surface area contributed by atoms with E-state index in [2.05, 4.69) is 40.1 Å². The van der Waals surface area contributed by atoms with Crippen molar-refractivity contribution in [1.82, 2.24) is 14.3 Å².